The van der Waals surface area contributed by atoms with Gasteiger partial charge in [-0.1, -0.05) is 17.4 Å². The Morgan fingerprint density at radius 1 is 1.19 bits per heavy atom. The summed E-state index contributed by atoms with van der Waals surface area (Å²) in [6, 6.07) is 5.31. The van der Waals surface area contributed by atoms with E-state index in [1.807, 2.05) is 25.3 Å². The predicted octanol–water partition coefficient (Wildman–Crippen LogP) is 4.70. The lowest BCUT2D eigenvalue weighted by Crippen LogP contribution is -2.14. The molecule has 1 N–H and O–H groups in total. The Bertz CT molecular complexity index is 990. The number of alkyl halides is 3. The highest BCUT2D eigenvalue weighted by Crippen LogP contribution is 2.31. The number of hydrogen-bond acceptors (Lipinski definition) is 8. The first-order valence-corrected chi connectivity index (χ1v) is 10.4. The molecule has 1 aliphatic rings. The summed E-state index contributed by atoms with van der Waals surface area (Å²) >= 11 is 1.36. The van der Waals surface area contributed by atoms with Crippen molar-refractivity contribution in [3.63, 3.8) is 0 Å². The van der Waals surface area contributed by atoms with E-state index in [9.17, 15) is 13.2 Å². The fraction of sp³-hybridized carbons (Fsp3) is 0.381. The van der Waals surface area contributed by atoms with Crippen LogP contribution in [0, 0.1) is 32.6 Å². The Balaban J connectivity index is 0.000000340. The molecule has 3 aromatic heterocycles. The van der Waals surface area contributed by atoms with E-state index in [2.05, 4.69) is 43.3 Å². The van der Waals surface area contributed by atoms with Crippen molar-refractivity contribution in [3.8, 4) is 18.7 Å². The molecule has 1 fully saturated rings. The molecule has 0 aliphatic heterocycles. The fourth-order valence-corrected chi connectivity index (χ4v) is 2.88. The van der Waals surface area contributed by atoms with Gasteiger partial charge in [0.25, 0.3) is 0 Å². The number of hydrogen-bond donors (Lipinski definition) is 1. The van der Waals surface area contributed by atoms with Crippen LogP contribution >= 0.6 is 11.3 Å². The van der Waals surface area contributed by atoms with Gasteiger partial charge in [-0.15, -0.1) is 23.0 Å². The summed E-state index contributed by atoms with van der Waals surface area (Å²) in [7, 11) is 0. The van der Waals surface area contributed by atoms with Crippen molar-refractivity contribution < 1.29 is 17.9 Å². The molecule has 3 aromatic rings. The highest BCUT2D eigenvalue weighted by Gasteiger charge is 2.36. The van der Waals surface area contributed by atoms with Crippen LogP contribution in [0.5, 0.6) is 5.88 Å². The molecule has 0 amide bonds. The van der Waals surface area contributed by atoms with E-state index in [0.29, 0.717) is 17.5 Å². The van der Waals surface area contributed by atoms with Crippen molar-refractivity contribution in [1.29, 1.82) is 0 Å². The van der Waals surface area contributed by atoms with Gasteiger partial charge in [0.15, 0.2) is 0 Å². The van der Waals surface area contributed by atoms with Crippen molar-refractivity contribution in [3.05, 3.63) is 52.0 Å². The van der Waals surface area contributed by atoms with Crippen LogP contribution in [-0.2, 0) is 12.7 Å². The summed E-state index contributed by atoms with van der Waals surface area (Å²) < 4.78 is 44.0. The molecule has 0 saturated heterocycles. The number of anilines is 1. The summed E-state index contributed by atoms with van der Waals surface area (Å²) in [5, 5.41) is 12.0. The fourth-order valence-electron chi connectivity index (χ4n) is 2.23. The zero-order chi connectivity index (χ0) is 23.6. The summed E-state index contributed by atoms with van der Waals surface area (Å²) in [6.07, 6.45) is 9.05. The maximum absolute atomic E-state index is 12.9. The third-order valence-corrected chi connectivity index (χ3v) is 4.76. The molecule has 11 heteroatoms. The molecule has 0 spiro atoms. The Morgan fingerprint density at radius 2 is 1.94 bits per heavy atom. The number of halogens is 3. The van der Waals surface area contributed by atoms with E-state index in [1.54, 1.807) is 13.1 Å². The topological polar surface area (TPSA) is 85.7 Å². The molecule has 3 heterocycles. The Labute approximate surface area is 188 Å². The Kier molecular flexibility index (Phi) is 9.34. The summed E-state index contributed by atoms with van der Waals surface area (Å²) in [6.45, 7) is 4.44. The highest BCUT2D eigenvalue weighted by atomic mass is 32.1. The second-order valence-corrected chi connectivity index (χ2v) is 8.03. The quantitative estimate of drug-likeness (QED) is 0.530. The standard InChI is InChI=1S/C13H14F3N5OS.C6H7N.C2H2/c1-7-20-21-11(23-7)5-17-9-4-10(22-6-8-2-3-8)19-12(18-9)13(14,15)16;1-6-3-2-4-7-5-6;1-2/h4,8H,2-3,5-6H2,1H3,(H,17,18,19);2-5H,1H3;1-2H. The van der Waals surface area contributed by atoms with Crippen molar-refractivity contribution in [2.75, 3.05) is 11.9 Å². The molecule has 1 aliphatic carbocycles. The zero-order valence-corrected chi connectivity index (χ0v) is 18.5. The lowest BCUT2D eigenvalue weighted by atomic mass is 10.3. The molecule has 32 heavy (non-hydrogen) atoms. The van der Waals surface area contributed by atoms with Gasteiger partial charge in [-0.3, -0.25) is 4.98 Å². The smallest absolute Gasteiger partial charge is 0.451 e. The van der Waals surface area contributed by atoms with Crippen molar-refractivity contribution >= 4 is 17.2 Å². The van der Waals surface area contributed by atoms with Gasteiger partial charge < -0.3 is 10.1 Å². The van der Waals surface area contributed by atoms with Crippen LogP contribution in [0.1, 0.15) is 34.2 Å². The number of rotatable bonds is 6. The number of nitrogens with one attached hydrogen (secondary N) is 1. The number of pyridine rings is 1. The minimum Gasteiger partial charge on any atom is -0.477 e. The van der Waals surface area contributed by atoms with E-state index in [4.69, 9.17) is 4.74 Å². The summed E-state index contributed by atoms with van der Waals surface area (Å²) in [4.78, 5) is 10.8. The second-order valence-electron chi connectivity index (χ2n) is 6.77. The first-order chi connectivity index (χ1) is 15.3. The Hall–Kier alpha value is -3.26. The molecular formula is C21H23F3N6OS. The molecule has 1 saturated carbocycles. The second kappa shape index (κ2) is 12.0. The van der Waals surface area contributed by atoms with Gasteiger partial charge >= 0.3 is 6.18 Å². The molecule has 7 nitrogen and oxygen atoms in total. The van der Waals surface area contributed by atoms with E-state index in [0.717, 1.165) is 17.8 Å². The molecule has 0 atom stereocenters. The lowest BCUT2D eigenvalue weighted by Gasteiger charge is -2.11. The summed E-state index contributed by atoms with van der Waals surface area (Å²) in [5.41, 5.74) is 1.21. The molecule has 0 aromatic carbocycles. The van der Waals surface area contributed by atoms with Crippen molar-refractivity contribution in [1.82, 2.24) is 25.1 Å². The van der Waals surface area contributed by atoms with E-state index in [-0.39, 0.29) is 18.2 Å². The van der Waals surface area contributed by atoms with Gasteiger partial charge in [-0.2, -0.15) is 18.2 Å². The van der Waals surface area contributed by atoms with E-state index < -0.39 is 12.0 Å². The van der Waals surface area contributed by atoms with Gasteiger partial charge in [0, 0.05) is 18.5 Å². The Morgan fingerprint density at radius 3 is 2.44 bits per heavy atom. The summed E-state index contributed by atoms with van der Waals surface area (Å²) in [5.74, 6) is -0.831. The van der Waals surface area contributed by atoms with Gasteiger partial charge in [0.2, 0.25) is 11.7 Å². The molecule has 4 rings (SSSR count). The SMILES string of the molecule is C#C.Cc1cccnc1.Cc1nnc(CNc2cc(OCC3CC3)nc(C(F)(F)F)n2)s1. The third kappa shape index (κ3) is 8.85. The van der Waals surface area contributed by atoms with Gasteiger partial charge in [0.1, 0.15) is 15.8 Å². The molecule has 170 valence electrons. The number of ether oxygens (including phenoxy) is 1. The number of aromatic nitrogens is 5. The minimum absolute atomic E-state index is 0.0472. The average Bonchev–Trinajstić information content (AvgIpc) is 3.52. The first-order valence-electron chi connectivity index (χ1n) is 9.61. The van der Waals surface area contributed by atoms with Crippen LogP contribution < -0.4 is 10.1 Å². The molecule has 0 bridgehead atoms. The van der Waals surface area contributed by atoms with Gasteiger partial charge in [-0.25, -0.2) is 4.98 Å². The van der Waals surface area contributed by atoms with E-state index >= 15 is 0 Å². The van der Waals surface area contributed by atoms with Crippen LogP contribution in [0.4, 0.5) is 19.0 Å². The number of nitrogens with zero attached hydrogens (tertiary/aromatic N) is 5. The van der Waals surface area contributed by atoms with Crippen molar-refractivity contribution in [2.24, 2.45) is 5.92 Å². The first kappa shape index (κ1) is 25.0. The third-order valence-electron chi connectivity index (χ3n) is 3.92. The molecule has 0 radical (unpaired) electrons. The van der Waals surface area contributed by atoms with Gasteiger partial charge in [0.05, 0.1) is 13.2 Å². The average molecular weight is 465 g/mol. The zero-order valence-electron chi connectivity index (χ0n) is 17.6. The monoisotopic (exact) mass is 464 g/mol. The largest absolute Gasteiger partial charge is 0.477 e. The number of aryl methyl sites for hydroxylation is 2. The lowest BCUT2D eigenvalue weighted by molar-refractivity contribution is -0.145. The molecule has 0 unspecified atom stereocenters. The normalized spacial score (nSPS) is 12.6. The highest BCUT2D eigenvalue weighted by molar-refractivity contribution is 7.11. The van der Waals surface area contributed by atoms with Crippen LogP contribution in [0.3, 0.4) is 0 Å². The van der Waals surface area contributed by atoms with Crippen LogP contribution in [0.25, 0.3) is 0 Å². The van der Waals surface area contributed by atoms with E-state index in [1.165, 1.54) is 23.0 Å². The maximum atomic E-state index is 12.9. The van der Waals surface area contributed by atoms with Crippen molar-refractivity contribution in [2.45, 2.75) is 39.4 Å². The van der Waals surface area contributed by atoms with Crippen LogP contribution in [0.15, 0.2) is 30.6 Å². The maximum Gasteiger partial charge on any atom is 0.451 e. The van der Waals surface area contributed by atoms with Crippen LogP contribution in [0.2, 0.25) is 0 Å². The van der Waals surface area contributed by atoms with Gasteiger partial charge in [-0.05, 0) is 44.2 Å². The molecular weight excluding hydrogens is 441 g/mol. The number of terminal acetylenes is 1. The van der Waals surface area contributed by atoms with Crippen LogP contribution in [-0.4, -0.2) is 31.8 Å². The predicted molar refractivity (Wildman–Crippen MR) is 116 cm³/mol. The minimum atomic E-state index is -4.63.